The lowest BCUT2D eigenvalue weighted by Gasteiger charge is -2.10. The SMILES string of the molecule is Cc1ccc(/C=C/C(=O)Nc2ccc(NC(=O)c3cccc(S(C)(=O)=O)c3)c(Cl)c2)cc1. The highest BCUT2D eigenvalue weighted by atomic mass is 35.5. The summed E-state index contributed by atoms with van der Waals surface area (Å²) in [7, 11) is -3.43. The second-order valence-corrected chi connectivity index (χ2v) is 9.60. The van der Waals surface area contributed by atoms with E-state index in [1.54, 1.807) is 18.2 Å². The van der Waals surface area contributed by atoms with Crippen molar-refractivity contribution in [2.45, 2.75) is 11.8 Å². The van der Waals surface area contributed by atoms with Gasteiger partial charge in [-0.05, 0) is 55.0 Å². The highest BCUT2D eigenvalue weighted by molar-refractivity contribution is 7.90. The van der Waals surface area contributed by atoms with Crippen molar-refractivity contribution in [3.05, 3.63) is 94.5 Å². The number of hydrogen-bond donors (Lipinski definition) is 2. The van der Waals surface area contributed by atoms with Crippen LogP contribution in [0.4, 0.5) is 11.4 Å². The molecule has 0 saturated carbocycles. The number of aryl methyl sites for hydroxylation is 1. The van der Waals surface area contributed by atoms with Gasteiger partial charge in [0.05, 0.1) is 15.6 Å². The zero-order valence-corrected chi connectivity index (χ0v) is 19.0. The van der Waals surface area contributed by atoms with Crippen LogP contribution in [0.2, 0.25) is 5.02 Å². The predicted molar refractivity (Wildman–Crippen MR) is 128 cm³/mol. The van der Waals surface area contributed by atoms with Crippen molar-refractivity contribution in [1.29, 1.82) is 0 Å². The molecule has 0 bridgehead atoms. The Morgan fingerprint density at radius 3 is 2.31 bits per heavy atom. The van der Waals surface area contributed by atoms with Gasteiger partial charge >= 0.3 is 0 Å². The molecule has 0 aliphatic heterocycles. The average molecular weight is 469 g/mol. The van der Waals surface area contributed by atoms with E-state index < -0.39 is 15.7 Å². The highest BCUT2D eigenvalue weighted by Crippen LogP contribution is 2.26. The van der Waals surface area contributed by atoms with Crippen LogP contribution < -0.4 is 10.6 Å². The molecule has 0 aliphatic carbocycles. The summed E-state index contributed by atoms with van der Waals surface area (Å²) in [5.41, 5.74) is 3.01. The van der Waals surface area contributed by atoms with Crippen LogP contribution in [-0.2, 0) is 14.6 Å². The van der Waals surface area contributed by atoms with Gasteiger partial charge in [-0.3, -0.25) is 9.59 Å². The first-order valence-electron chi connectivity index (χ1n) is 9.58. The van der Waals surface area contributed by atoms with Gasteiger partial charge in [-0.2, -0.15) is 0 Å². The largest absolute Gasteiger partial charge is 0.322 e. The Morgan fingerprint density at radius 1 is 0.938 bits per heavy atom. The third-order valence-corrected chi connectivity index (χ3v) is 5.94. The summed E-state index contributed by atoms with van der Waals surface area (Å²) >= 11 is 6.26. The van der Waals surface area contributed by atoms with Gasteiger partial charge in [0.2, 0.25) is 5.91 Å². The summed E-state index contributed by atoms with van der Waals surface area (Å²) in [5, 5.41) is 5.58. The molecule has 3 aromatic carbocycles. The molecule has 32 heavy (non-hydrogen) atoms. The average Bonchev–Trinajstić information content (AvgIpc) is 2.74. The maximum atomic E-state index is 12.5. The van der Waals surface area contributed by atoms with Crippen LogP contribution in [0, 0.1) is 6.92 Å². The summed E-state index contributed by atoms with van der Waals surface area (Å²) in [6.07, 6.45) is 4.20. The Hall–Kier alpha value is -3.42. The molecule has 0 atom stereocenters. The van der Waals surface area contributed by atoms with Crippen molar-refractivity contribution >= 4 is 50.7 Å². The molecule has 0 fully saturated rings. The van der Waals surface area contributed by atoms with Crippen LogP contribution in [0.1, 0.15) is 21.5 Å². The number of hydrogen-bond acceptors (Lipinski definition) is 4. The number of carbonyl (C=O) groups is 2. The molecular weight excluding hydrogens is 448 g/mol. The van der Waals surface area contributed by atoms with Crippen molar-refractivity contribution in [1.82, 2.24) is 0 Å². The van der Waals surface area contributed by atoms with E-state index in [0.717, 1.165) is 17.4 Å². The van der Waals surface area contributed by atoms with Crippen LogP contribution in [0.15, 0.2) is 77.7 Å². The predicted octanol–water partition coefficient (Wildman–Crippen LogP) is 4.96. The molecule has 0 aromatic heterocycles. The van der Waals surface area contributed by atoms with Crippen LogP contribution in [0.5, 0.6) is 0 Å². The van der Waals surface area contributed by atoms with E-state index in [0.29, 0.717) is 11.4 Å². The van der Waals surface area contributed by atoms with Gasteiger partial charge in [0, 0.05) is 23.6 Å². The van der Waals surface area contributed by atoms with Gasteiger partial charge in [-0.1, -0.05) is 47.5 Å². The highest BCUT2D eigenvalue weighted by Gasteiger charge is 2.13. The third kappa shape index (κ3) is 6.29. The monoisotopic (exact) mass is 468 g/mol. The molecule has 6 nitrogen and oxygen atoms in total. The topological polar surface area (TPSA) is 92.3 Å². The zero-order chi connectivity index (χ0) is 23.3. The van der Waals surface area contributed by atoms with Gasteiger partial charge in [-0.15, -0.1) is 0 Å². The van der Waals surface area contributed by atoms with Crippen LogP contribution in [0.3, 0.4) is 0 Å². The van der Waals surface area contributed by atoms with E-state index in [9.17, 15) is 18.0 Å². The van der Waals surface area contributed by atoms with Crippen LogP contribution in [0.25, 0.3) is 6.08 Å². The van der Waals surface area contributed by atoms with Crippen LogP contribution in [-0.4, -0.2) is 26.5 Å². The fourth-order valence-corrected chi connectivity index (χ4v) is 3.68. The number of nitrogens with one attached hydrogen (secondary N) is 2. The fraction of sp³-hybridized carbons (Fsp3) is 0.0833. The lowest BCUT2D eigenvalue weighted by molar-refractivity contribution is -0.111. The minimum Gasteiger partial charge on any atom is -0.322 e. The van der Waals surface area contributed by atoms with E-state index >= 15 is 0 Å². The molecule has 0 unspecified atom stereocenters. The summed E-state index contributed by atoms with van der Waals surface area (Å²) in [6.45, 7) is 1.99. The van der Waals surface area contributed by atoms with E-state index in [2.05, 4.69) is 10.6 Å². The zero-order valence-electron chi connectivity index (χ0n) is 17.4. The standard InChI is InChI=1S/C24H21ClN2O4S/c1-16-6-8-17(9-7-16)10-13-23(28)26-19-11-12-22(21(25)15-19)27-24(29)18-4-3-5-20(14-18)32(2,30)31/h3-15H,1-2H3,(H,26,28)(H,27,29)/b13-10+. The molecule has 0 aliphatic rings. The second kappa shape index (κ2) is 9.80. The van der Waals surface area contributed by atoms with Crippen molar-refractivity contribution in [3.63, 3.8) is 0 Å². The quantitative estimate of drug-likeness (QED) is 0.500. The Labute approximate surface area is 191 Å². The number of anilines is 2. The van der Waals surface area contributed by atoms with E-state index in [1.807, 2.05) is 31.2 Å². The molecular formula is C24H21ClN2O4S. The van der Waals surface area contributed by atoms with Gasteiger partial charge < -0.3 is 10.6 Å². The minimum atomic E-state index is -3.43. The Bertz CT molecular complexity index is 1300. The molecule has 0 radical (unpaired) electrons. The Kier molecular flexibility index (Phi) is 7.12. The smallest absolute Gasteiger partial charge is 0.255 e. The maximum absolute atomic E-state index is 12.5. The maximum Gasteiger partial charge on any atom is 0.255 e. The van der Waals surface area contributed by atoms with Crippen LogP contribution >= 0.6 is 11.6 Å². The normalized spacial score (nSPS) is 11.3. The number of amides is 2. The van der Waals surface area contributed by atoms with Crippen molar-refractivity contribution in [3.8, 4) is 0 Å². The van der Waals surface area contributed by atoms with E-state index in [4.69, 9.17) is 11.6 Å². The number of sulfone groups is 1. The van der Waals surface area contributed by atoms with E-state index in [-0.39, 0.29) is 21.4 Å². The van der Waals surface area contributed by atoms with Gasteiger partial charge in [-0.25, -0.2) is 8.42 Å². The lowest BCUT2D eigenvalue weighted by atomic mass is 10.1. The third-order valence-electron chi connectivity index (χ3n) is 4.51. The molecule has 164 valence electrons. The molecule has 0 spiro atoms. The summed E-state index contributed by atoms with van der Waals surface area (Å²) < 4.78 is 23.4. The summed E-state index contributed by atoms with van der Waals surface area (Å²) in [5.74, 6) is -0.828. The summed E-state index contributed by atoms with van der Waals surface area (Å²) in [4.78, 5) is 24.7. The minimum absolute atomic E-state index is 0.0491. The van der Waals surface area contributed by atoms with Crippen molar-refractivity contribution in [2.24, 2.45) is 0 Å². The fourth-order valence-electron chi connectivity index (χ4n) is 2.79. The molecule has 3 aromatic rings. The molecule has 0 saturated heterocycles. The lowest BCUT2D eigenvalue weighted by Crippen LogP contribution is -2.13. The number of benzene rings is 3. The first-order chi connectivity index (χ1) is 15.1. The molecule has 0 heterocycles. The summed E-state index contributed by atoms with van der Waals surface area (Å²) in [6, 6.07) is 18.1. The van der Waals surface area contributed by atoms with Gasteiger partial charge in [0.25, 0.3) is 5.91 Å². The Morgan fingerprint density at radius 2 is 1.66 bits per heavy atom. The first-order valence-corrected chi connectivity index (χ1v) is 11.9. The number of halogens is 1. The van der Waals surface area contributed by atoms with Gasteiger partial charge in [0.1, 0.15) is 0 Å². The number of carbonyl (C=O) groups excluding carboxylic acids is 2. The molecule has 2 amide bonds. The Balaban J connectivity index is 1.66. The van der Waals surface area contributed by atoms with Crippen molar-refractivity contribution in [2.75, 3.05) is 16.9 Å². The molecule has 2 N–H and O–H groups in total. The second-order valence-electron chi connectivity index (χ2n) is 7.18. The molecule has 3 rings (SSSR count). The van der Waals surface area contributed by atoms with Gasteiger partial charge in [0.15, 0.2) is 9.84 Å². The number of rotatable bonds is 6. The first kappa shape index (κ1) is 23.2. The molecule has 8 heteroatoms. The van der Waals surface area contributed by atoms with Crippen molar-refractivity contribution < 1.29 is 18.0 Å². The van der Waals surface area contributed by atoms with E-state index in [1.165, 1.54) is 36.4 Å².